The minimum atomic E-state index is -1.64. The van der Waals surface area contributed by atoms with Crippen LogP contribution in [0.3, 0.4) is 0 Å². The SMILES string of the molecule is NC(=NO)C1CN(C(=O)c2cc(F)c(F)c(F)c2)CCO1. The van der Waals surface area contributed by atoms with E-state index in [1.54, 1.807) is 0 Å². The zero-order valence-electron chi connectivity index (χ0n) is 10.7. The first-order chi connectivity index (χ1) is 9.93. The van der Waals surface area contributed by atoms with E-state index < -0.39 is 29.5 Å². The topological polar surface area (TPSA) is 88.2 Å². The van der Waals surface area contributed by atoms with Crippen LogP contribution in [-0.2, 0) is 4.74 Å². The lowest BCUT2D eigenvalue weighted by atomic mass is 10.1. The number of amidine groups is 1. The normalized spacial score (nSPS) is 19.7. The number of carbonyl (C=O) groups excluding carboxylic acids is 1. The van der Waals surface area contributed by atoms with Crippen LogP contribution in [0.4, 0.5) is 13.2 Å². The van der Waals surface area contributed by atoms with Gasteiger partial charge in [0.25, 0.3) is 5.91 Å². The van der Waals surface area contributed by atoms with E-state index in [-0.39, 0.29) is 31.1 Å². The van der Waals surface area contributed by atoms with Crippen LogP contribution < -0.4 is 5.73 Å². The number of halogens is 3. The Labute approximate surface area is 117 Å². The van der Waals surface area contributed by atoms with Crippen molar-refractivity contribution in [3.8, 4) is 0 Å². The predicted molar refractivity (Wildman–Crippen MR) is 65.4 cm³/mol. The van der Waals surface area contributed by atoms with Gasteiger partial charge in [-0.1, -0.05) is 5.16 Å². The van der Waals surface area contributed by atoms with Gasteiger partial charge in [-0.05, 0) is 12.1 Å². The number of carbonyl (C=O) groups is 1. The number of benzene rings is 1. The molecule has 1 heterocycles. The summed E-state index contributed by atoms with van der Waals surface area (Å²) in [6.07, 6.45) is -0.817. The highest BCUT2D eigenvalue weighted by atomic mass is 19.2. The smallest absolute Gasteiger partial charge is 0.254 e. The minimum Gasteiger partial charge on any atom is -0.409 e. The molecule has 1 fully saturated rings. The number of nitrogens with zero attached hydrogens (tertiary/aromatic N) is 2. The lowest BCUT2D eigenvalue weighted by Gasteiger charge is -2.32. The van der Waals surface area contributed by atoms with Crippen LogP contribution in [0.25, 0.3) is 0 Å². The Morgan fingerprint density at radius 1 is 1.38 bits per heavy atom. The van der Waals surface area contributed by atoms with Gasteiger partial charge in [0.2, 0.25) is 0 Å². The van der Waals surface area contributed by atoms with Gasteiger partial charge in [0.05, 0.1) is 13.2 Å². The minimum absolute atomic E-state index is 0.0463. The number of hydrogen-bond donors (Lipinski definition) is 2. The molecule has 0 aromatic heterocycles. The molecular weight excluding hydrogens is 291 g/mol. The Bertz CT molecular complexity index is 571. The summed E-state index contributed by atoms with van der Waals surface area (Å²) in [5, 5.41) is 11.4. The zero-order chi connectivity index (χ0) is 15.6. The molecule has 1 aromatic rings. The van der Waals surface area contributed by atoms with Crippen molar-refractivity contribution in [3.63, 3.8) is 0 Å². The molecule has 1 aromatic carbocycles. The molecule has 1 aliphatic heterocycles. The quantitative estimate of drug-likeness (QED) is 0.277. The fourth-order valence-electron chi connectivity index (χ4n) is 1.94. The van der Waals surface area contributed by atoms with Gasteiger partial charge < -0.3 is 20.6 Å². The zero-order valence-corrected chi connectivity index (χ0v) is 10.7. The molecule has 0 bridgehead atoms. The van der Waals surface area contributed by atoms with Gasteiger partial charge in [-0.2, -0.15) is 0 Å². The Morgan fingerprint density at radius 3 is 2.57 bits per heavy atom. The molecule has 6 nitrogen and oxygen atoms in total. The monoisotopic (exact) mass is 303 g/mol. The maximum Gasteiger partial charge on any atom is 0.254 e. The summed E-state index contributed by atoms with van der Waals surface area (Å²) in [5.74, 6) is -5.45. The Hall–Kier alpha value is -2.29. The summed E-state index contributed by atoms with van der Waals surface area (Å²) in [5.41, 5.74) is 5.06. The van der Waals surface area contributed by atoms with E-state index >= 15 is 0 Å². The maximum atomic E-state index is 13.1. The number of ether oxygens (including phenoxy) is 1. The fourth-order valence-corrected chi connectivity index (χ4v) is 1.94. The number of hydrogen-bond acceptors (Lipinski definition) is 4. The number of morpholine rings is 1. The third-order valence-electron chi connectivity index (χ3n) is 3.03. The molecule has 1 unspecified atom stereocenters. The van der Waals surface area contributed by atoms with E-state index in [4.69, 9.17) is 15.7 Å². The molecule has 1 amide bonds. The van der Waals surface area contributed by atoms with Crippen LogP contribution in [0.2, 0.25) is 0 Å². The van der Waals surface area contributed by atoms with E-state index in [0.717, 1.165) is 0 Å². The first-order valence-electron chi connectivity index (χ1n) is 5.97. The largest absolute Gasteiger partial charge is 0.409 e. The molecule has 0 spiro atoms. The maximum absolute atomic E-state index is 13.1. The lowest BCUT2D eigenvalue weighted by molar-refractivity contribution is 0.00671. The van der Waals surface area contributed by atoms with Gasteiger partial charge in [0, 0.05) is 12.1 Å². The summed E-state index contributed by atoms with van der Waals surface area (Å²) in [6, 6.07) is 1.24. The average Bonchev–Trinajstić information content (AvgIpc) is 2.50. The van der Waals surface area contributed by atoms with E-state index in [0.29, 0.717) is 12.1 Å². The Morgan fingerprint density at radius 2 is 2.00 bits per heavy atom. The van der Waals surface area contributed by atoms with Gasteiger partial charge in [0.15, 0.2) is 23.3 Å². The van der Waals surface area contributed by atoms with Crippen LogP contribution in [0.5, 0.6) is 0 Å². The molecule has 21 heavy (non-hydrogen) atoms. The molecule has 114 valence electrons. The molecule has 3 N–H and O–H groups in total. The van der Waals surface area contributed by atoms with E-state index in [2.05, 4.69) is 5.16 Å². The number of oxime groups is 1. The van der Waals surface area contributed by atoms with Crippen molar-refractivity contribution in [1.82, 2.24) is 4.90 Å². The first kappa shape index (κ1) is 15.1. The van der Waals surface area contributed by atoms with Crippen molar-refractivity contribution in [1.29, 1.82) is 0 Å². The van der Waals surface area contributed by atoms with E-state index in [1.165, 1.54) is 4.90 Å². The highest BCUT2D eigenvalue weighted by Gasteiger charge is 2.28. The standard InChI is InChI=1S/C12H12F3N3O3/c13-7-3-6(4-8(14)10(7)15)12(19)18-1-2-21-9(5-18)11(16)17-20/h3-4,9,20H,1-2,5H2,(H2,16,17). The van der Waals surface area contributed by atoms with E-state index in [1.807, 2.05) is 0 Å². The highest BCUT2D eigenvalue weighted by Crippen LogP contribution is 2.17. The third-order valence-corrected chi connectivity index (χ3v) is 3.03. The molecule has 1 atom stereocenters. The van der Waals surface area contributed by atoms with Crippen LogP contribution in [0, 0.1) is 17.5 Å². The molecule has 2 rings (SSSR count). The number of amides is 1. The van der Waals surface area contributed by atoms with Crippen LogP contribution >= 0.6 is 0 Å². The lowest BCUT2D eigenvalue weighted by Crippen LogP contribution is -2.50. The van der Waals surface area contributed by atoms with Gasteiger partial charge in [-0.25, -0.2) is 13.2 Å². The molecule has 9 heteroatoms. The van der Waals surface area contributed by atoms with Gasteiger partial charge in [-0.15, -0.1) is 0 Å². The Kier molecular flexibility index (Phi) is 4.32. The van der Waals surface area contributed by atoms with Crippen molar-refractivity contribution < 1.29 is 27.9 Å². The van der Waals surface area contributed by atoms with Crippen molar-refractivity contribution in [2.24, 2.45) is 10.9 Å². The summed E-state index contributed by atoms with van der Waals surface area (Å²) in [6.45, 7) is 0.225. The second kappa shape index (κ2) is 6.00. The van der Waals surface area contributed by atoms with Crippen LogP contribution in [0.1, 0.15) is 10.4 Å². The second-order valence-corrected chi connectivity index (χ2v) is 4.39. The van der Waals surface area contributed by atoms with Gasteiger partial charge in [-0.3, -0.25) is 4.79 Å². The number of nitrogens with two attached hydrogens (primary N) is 1. The number of rotatable bonds is 2. The van der Waals surface area contributed by atoms with Crippen molar-refractivity contribution in [2.75, 3.05) is 19.7 Å². The molecule has 0 saturated carbocycles. The molecular formula is C12H12F3N3O3. The van der Waals surface area contributed by atoms with Gasteiger partial charge >= 0.3 is 0 Å². The molecule has 0 aliphatic carbocycles. The molecule has 0 radical (unpaired) electrons. The highest BCUT2D eigenvalue weighted by molar-refractivity contribution is 5.95. The molecule has 1 aliphatic rings. The predicted octanol–water partition coefficient (Wildman–Crippen LogP) is 0.691. The van der Waals surface area contributed by atoms with E-state index in [9.17, 15) is 18.0 Å². The summed E-state index contributed by atoms with van der Waals surface area (Å²) in [7, 11) is 0. The third kappa shape index (κ3) is 3.07. The summed E-state index contributed by atoms with van der Waals surface area (Å²) >= 11 is 0. The second-order valence-electron chi connectivity index (χ2n) is 4.39. The summed E-state index contributed by atoms with van der Waals surface area (Å²) < 4.78 is 44.4. The summed E-state index contributed by atoms with van der Waals surface area (Å²) in [4.78, 5) is 13.4. The van der Waals surface area contributed by atoms with Crippen molar-refractivity contribution >= 4 is 11.7 Å². The Balaban J connectivity index is 2.20. The van der Waals surface area contributed by atoms with Crippen LogP contribution in [-0.4, -0.2) is 47.7 Å². The van der Waals surface area contributed by atoms with Crippen LogP contribution in [0.15, 0.2) is 17.3 Å². The van der Waals surface area contributed by atoms with Gasteiger partial charge in [0.1, 0.15) is 6.10 Å². The fraction of sp³-hybridized carbons (Fsp3) is 0.333. The molecule has 1 saturated heterocycles. The van der Waals surface area contributed by atoms with Crippen molar-refractivity contribution in [2.45, 2.75) is 6.10 Å². The first-order valence-corrected chi connectivity index (χ1v) is 5.97. The van der Waals surface area contributed by atoms with Crippen molar-refractivity contribution in [3.05, 3.63) is 35.1 Å². The average molecular weight is 303 g/mol.